The zero-order chi connectivity index (χ0) is 9.45. The molecular weight excluding hydrogens is 202 g/mol. The molecule has 0 heterocycles. The lowest BCUT2D eigenvalue weighted by Gasteiger charge is -2.10. The van der Waals surface area contributed by atoms with Crippen LogP contribution in [0.5, 0.6) is 0 Å². The summed E-state index contributed by atoms with van der Waals surface area (Å²) < 4.78 is 20.5. The monoisotopic (exact) mass is 216 g/mol. The Balaban J connectivity index is 3.49. The second kappa shape index (κ2) is 6.87. The molecule has 0 saturated heterocycles. The summed E-state index contributed by atoms with van der Waals surface area (Å²) in [6.45, 7) is 2.40. The van der Waals surface area contributed by atoms with Crippen LogP contribution in [0.1, 0.15) is 13.3 Å². The van der Waals surface area contributed by atoms with E-state index in [0.717, 1.165) is 0 Å². The first kappa shape index (κ1) is 12.4. The van der Waals surface area contributed by atoms with Gasteiger partial charge in [-0.15, -0.1) is 11.6 Å². The minimum absolute atomic E-state index is 0.265. The van der Waals surface area contributed by atoms with Crippen molar-refractivity contribution < 1.29 is 18.7 Å². The summed E-state index contributed by atoms with van der Waals surface area (Å²) >= 11 is 5.30. The summed E-state index contributed by atoms with van der Waals surface area (Å²) in [6, 6.07) is 0. The average Bonchev–Trinajstić information content (AvgIpc) is 2.01. The van der Waals surface area contributed by atoms with Gasteiger partial charge in [-0.05, 0) is 6.42 Å². The molecule has 74 valence electrons. The van der Waals surface area contributed by atoms with Gasteiger partial charge >= 0.3 is 7.60 Å². The predicted octanol–water partition coefficient (Wildman–Crippen LogP) is 1.81. The molecule has 0 aliphatic rings. The first-order valence-electron chi connectivity index (χ1n) is 3.72. The molecule has 1 N–H and O–H groups in total. The molecule has 0 fully saturated rings. The second-order valence-electron chi connectivity index (χ2n) is 2.20. The zero-order valence-corrected chi connectivity index (χ0v) is 8.68. The third-order valence-electron chi connectivity index (χ3n) is 0.973. The second-order valence-corrected chi connectivity index (χ2v) is 4.37. The molecule has 0 amide bonds. The molecule has 0 aromatic carbocycles. The highest BCUT2D eigenvalue weighted by molar-refractivity contribution is 7.52. The van der Waals surface area contributed by atoms with Crippen molar-refractivity contribution in [2.75, 3.05) is 25.4 Å². The lowest BCUT2D eigenvalue weighted by Crippen LogP contribution is -2.02. The number of hydrogen-bond acceptors (Lipinski definition) is 3. The van der Waals surface area contributed by atoms with E-state index in [2.05, 4.69) is 4.52 Å². The van der Waals surface area contributed by atoms with Crippen LogP contribution < -0.4 is 0 Å². The molecule has 0 aliphatic heterocycles. The van der Waals surface area contributed by atoms with Gasteiger partial charge in [-0.25, -0.2) is 0 Å². The predicted molar refractivity (Wildman–Crippen MR) is 47.6 cm³/mol. The Hall–Kier alpha value is 0.400. The average molecular weight is 217 g/mol. The van der Waals surface area contributed by atoms with Crippen molar-refractivity contribution >= 4 is 19.2 Å². The lowest BCUT2D eigenvalue weighted by molar-refractivity contribution is 0.156. The molecule has 0 aromatic rings. The Morgan fingerprint density at radius 2 is 2.17 bits per heavy atom. The van der Waals surface area contributed by atoms with Gasteiger partial charge in [0.25, 0.3) is 0 Å². The van der Waals surface area contributed by atoms with E-state index in [1.807, 2.05) is 6.92 Å². The molecule has 0 bridgehead atoms. The van der Waals surface area contributed by atoms with Crippen LogP contribution in [0.25, 0.3) is 0 Å². The first-order valence-corrected chi connectivity index (χ1v) is 6.02. The fourth-order valence-electron chi connectivity index (χ4n) is 0.506. The number of halogens is 1. The molecule has 0 radical (unpaired) electrons. The van der Waals surface area contributed by atoms with Gasteiger partial charge in [0.2, 0.25) is 0 Å². The molecule has 1 unspecified atom stereocenters. The Morgan fingerprint density at radius 3 is 2.67 bits per heavy atom. The first-order chi connectivity index (χ1) is 5.62. The minimum atomic E-state index is -3.52. The zero-order valence-electron chi connectivity index (χ0n) is 7.03. The van der Waals surface area contributed by atoms with E-state index in [0.29, 0.717) is 12.3 Å². The third kappa shape index (κ3) is 7.07. The largest absolute Gasteiger partial charge is 0.368 e. The van der Waals surface area contributed by atoms with E-state index in [-0.39, 0.29) is 19.6 Å². The Labute approximate surface area is 77.4 Å². The molecule has 0 aromatic heterocycles. The van der Waals surface area contributed by atoms with Crippen LogP contribution in [0.2, 0.25) is 0 Å². The summed E-state index contributed by atoms with van der Waals surface area (Å²) in [5, 5.41) is 0. The summed E-state index contributed by atoms with van der Waals surface area (Å²) in [6.07, 6.45) is 0.430. The smallest absolute Gasteiger partial charge is 0.353 e. The third-order valence-corrected chi connectivity index (χ3v) is 2.22. The standard InChI is InChI=1S/C6H14ClO4P/c1-2-4-11-12(8,9)6-10-5-3-7/h2-6H2,1H3,(H,8,9). The molecule has 0 aliphatic carbocycles. The van der Waals surface area contributed by atoms with Crippen molar-refractivity contribution in [2.24, 2.45) is 0 Å². The van der Waals surface area contributed by atoms with Crippen LogP contribution in [0, 0.1) is 0 Å². The number of hydrogen-bond donors (Lipinski definition) is 1. The fraction of sp³-hybridized carbons (Fsp3) is 1.00. The Bertz CT molecular complexity index is 152. The number of alkyl halides is 1. The maximum Gasteiger partial charge on any atom is 0.353 e. The van der Waals surface area contributed by atoms with Gasteiger partial charge in [-0.2, -0.15) is 0 Å². The topological polar surface area (TPSA) is 55.8 Å². The van der Waals surface area contributed by atoms with E-state index in [1.165, 1.54) is 0 Å². The van der Waals surface area contributed by atoms with Crippen molar-refractivity contribution in [1.29, 1.82) is 0 Å². The van der Waals surface area contributed by atoms with Gasteiger partial charge in [0.15, 0.2) is 0 Å². The fourth-order valence-corrected chi connectivity index (χ4v) is 1.52. The van der Waals surface area contributed by atoms with Crippen LogP contribution in [-0.4, -0.2) is 30.3 Å². The molecule has 0 rings (SSSR count). The SMILES string of the molecule is CCCOP(=O)(O)COCCCl. The van der Waals surface area contributed by atoms with Crippen molar-refractivity contribution in [3.63, 3.8) is 0 Å². The molecule has 6 heteroatoms. The van der Waals surface area contributed by atoms with E-state index >= 15 is 0 Å². The highest BCUT2D eigenvalue weighted by Gasteiger charge is 2.18. The van der Waals surface area contributed by atoms with Gasteiger partial charge in [-0.1, -0.05) is 6.92 Å². The quantitative estimate of drug-likeness (QED) is 0.401. The van der Waals surface area contributed by atoms with Gasteiger partial charge in [0.05, 0.1) is 13.2 Å². The van der Waals surface area contributed by atoms with Crippen molar-refractivity contribution in [3.8, 4) is 0 Å². The summed E-state index contributed by atoms with van der Waals surface area (Å²) in [4.78, 5) is 9.04. The number of ether oxygens (including phenoxy) is 1. The van der Waals surface area contributed by atoms with Crippen molar-refractivity contribution in [1.82, 2.24) is 0 Å². The Morgan fingerprint density at radius 1 is 1.50 bits per heavy atom. The van der Waals surface area contributed by atoms with Crippen LogP contribution in [0.15, 0.2) is 0 Å². The number of rotatable bonds is 7. The van der Waals surface area contributed by atoms with E-state index < -0.39 is 7.60 Å². The molecular formula is C6H14ClO4P. The van der Waals surface area contributed by atoms with Gasteiger partial charge < -0.3 is 14.2 Å². The van der Waals surface area contributed by atoms with Gasteiger partial charge in [-0.3, -0.25) is 4.57 Å². The lowest BCUT2D eigenvalue weighted by atomic mass is 10.5. The summed E-state index contributed by atoms with van der Waals surface area (Å²) in [5.41, 5.74) is 0. The Kier molecular flexibility index (Phi) is 7.10. The van der Waals surface area contributed by atoms with Crippen LogP contribution >= 0.6 is 19.2 Å². The van der Waals surface area contributed by atoms with Crippen molar-refractivity contribution in [2.45, 2.75) is 13.3 Å². The minimum Gasteiger partial charge on any atom is -0.368 e. The van der Waals surface area contributed by atoms with Gasteiger partial charge in [0, 0.05) is 5.88 Å². The molecule has 12 heavy (non-hydrogen) atoms. The maximum absolute atomic E-state index is 11.0. The maximum atomic E-state index is 11.0. The molecule has 4 nitrogen and oxygen atoms in total. The van der Waals surface area contributed by atoms with E-state index in [4.69, 9.17) is 21.2 Å². The van der Waals surface area contributed by atoms with E-state index in [9.17, 15) is 4.57 Å². The molecule has 0 saturated carbocycles. The van der Waals surface area contributed by atoms with Gasteiger partial charge in [0.1, 0.15) is 6.35 Å². The normalized spacial score (nSPS) is 15.9. The molecule has 0 spiro atoms. The van der Waals surface area contributed by atoms with Crippen molar-refractivity contribution in [3.05, 3.63) is 0 Å². The summed E-state index contributed by atoms with van der Waals surface area (Å²) in [5.74, 6) is 0.313. The molecule has 1 atom stereocenters. The highest BCUT2D eigenvalue weighted by atomic mass is 35.5. The van der Waals surface area contributed by atoms with E-state index in [1.54, 1.807) is 0 Å². The van der Waals surface area contributed by atoms with Crippen LogP contribution in [0.4, 0.5) is 0 Å². The summed E-state index contributed by atoms with van der Waals surface area (Å²) in [7, 11) is -3.52. The highest BCUT2D eigenvalue weighted by Crippen LogP contribution is 2.41. The van der Waals surface area contributed by atoms with Crippen LogP contribution in [-0.2, 0) is 13.8 Å². The van der Waals surface area contributed by atoms with Crippen LogP contribution in [0.3, 0.4) is 0 Å².